The summed E-state index contributed by atoms with van der Waals surface area (Å²) >= 11 is 1.33. The third-order valence-corrected chi connectivity index (χ3v) is 5.02. The molecule has 0 unspecified atom stereocenters. The minimum Gasteiger partial charge on any atom is -0.507 e. The lowest BCUT2D eigenvalue weighted by Crippen LogP contribution is -2.19. The van der Waals surface area contributed by atoms with E-state index in [9.17, 15) is 9.90 Å². The Bertz CT molecular complexity index is 886. The number of thioether (sulfide) groups is 1. The predicted octanol–water partition coefficient (Wildman–Crippen LogP) is 4.52. The number of phenols is 1. The van der Waals surface area contributed by atoms with Crippen molar-refractivity contribution in [2.45, 2.75) is 27.7 Å². The summed E-state index contributed by atoms with van der Waals surface area (Å²) in [6, 6.07) is 9.74. The lowest BCUT2D eigenvalue weighted by atomic mass is 10.1. The fourth-order valence-electron chi connectivity index (χ4n) is 2.79. The molecule has 1 aliphatic rings. The van der Waals surface area contributed by atoms with Crippen LogP contribution in [0.15, 0.2) is 40.2 Å². The number of phenolic OH excluding ortho intramolecular Hbond substituents is 1. The molecule has 0 aliphatic carbocycles. The first-order valence-electron chi connectivity index (χ1n) is 8.01. The van der Waals surface area contributed by atoms with Gasteiger partial charge in [0.2, 0.25) is 0 Å². The van der Waals surface area contributed by atoms with Crippen LogP contribution >= 0.6 is 11.8 Å². The van der Waals surface area contributed by atoms with Gasteiger partial charge >= 0.3 is 0 Å². The van der Waals surface area contributed by atoms with Crippen molar-refractivity contribution in [1.29, 1.82) is 0 Å². The van der Waals surface area contributed by atoms with Gasteiger partial charge in [0.1, 0.15) is 5.75 Å². The molecule has 4 nitrogen and oxygen atoms in total. The number of carbonyl (C=O) groups is 1. The molecule has 0 aromatic heterocycles. The van der Waals surface area contributed by atoms with Crippen LogP contribution in [-0.4, -0.2) is 16.2 Å². The summed E-state index contributed by atoms with van der Waals surface area (Å²) in [5.41, 5.74) is 5.51. The fraction of sp³-hybridized carbons (Fsp3) is 0.200. The molecule has 2 aromatic rings. The van der Waals surface area contributed by atoms with Crippen molar-refractivity contribution in [3.63, 3.8) is 0 Å². The number of hydrogen-bond donors (Lipinski definition) is 2. The van der Waals surface area contributed by atoms with E-state index in [0.717, 1.165) is 33.5 Å². The van der Waals surface area contributed by atoms with Gasteiger partial charge < -0.3 is 10.4 Å². The van der Waals surface area contributed by atoms with E-state index in [1.165, 1.54) is 11.8 Å². The number of aliphatic imine (C=N–C) groups is 1. The van der Waals surface area contributed by atoms with Crippen LogP contribution in [0.1, 0.15) is 27.8 Å². The predicted molar refractivity (Wildman–Crippen MR) is 104 cm³/mol. The number of carbonyl (C=O) groups excluding carboxylic acids is 1. The van der Waals surface area contributed by atoms with E-state index in [1.54, 1.807) is 0 Å². The van der Waals surface area contributed by atoms with Gasteiger partial charge in [-0.1, -0.05) is 18.2 Å². The number of amides is 1. The number of hydrogen-bond acceptors (Lipinski definition) is 4. The number of aryl methyl sites for hydroxylation is 4. The van der Waals surface area contributed by atoms with Crippen molar-refractivity contribution in [2.24, 2.45) is 4.99 Å². The minimum atomic E-state index is -0.154. The number of benzene rings is 2. The van der Waals surface area contributed by atoms with E-state index in [-0.39, 0.29) is 5.91 Å². The van der Waals surface area contributed by atoms with Crippen LogP contribution < -0.4 is 5.32 Å². The van der Waals surface area contributed by atoms with Gasteiger partial charge in [-0.15, -0.1) is 0 Å². The number of rotatable bonds is 2. The molecule has 1 fully saturated rings. The lowest BCUT2D eigenvalue weighted by Gasteiger charge is -2.05. The van der Waals surface area contributed by atoms with Crippen LogP contribution in [0.25, 0.3) is 6.08 Å². The molecular weight excluding hydrogens is 332 g/mol. The normalized spacial score (nSPS) is 17.4. The van der Waals surface area contributed by atoms with Gasteiger partial charge in [0.05, 0.1) is 10.6 Å². The van der Waals surface area contributed by atoms with E-state index in [0.29, 0.717) is 15.8 Å². The molecule has 0 atom stereocenters. The standard InChI is InChI=1S/C20H20N2O2S/c1-11-6-5-7-12(2)17(11)21-20-22-19(24)16(25-20)10-15-8-13(3)18(23)14(4)9-15/h5-10,23H,1-4H3,(H,21,22,24)/b16-10-. The molecule has 25 heavy (non-hydrogen) atoms. The molecule has 1 heterocycles. The van der Waals surface area contributed by atoms with E-state index >= 15 is 0 Å². The first-order valence-corrected chi connectivity index (χ1v) is 8.83. The van der Waals surface area contributed by atoms with Crippen molar-refractivity contribution in [2.75, 3.05) is 0 Å². The molecule has 0 bridgehead atoms. The molecule has 1 aliphatic heterocycles. The van der Waals surface area contributed by atoms with E-state index < -0.39 is 0 Å². The average molecular weight is 352 g/mol. The molecule has 0 saturated carbocycles. The van der Waals surface area contributed by atoms with Crippen LogP contribution in [0.3, 0.4) is 0 Å². The second kappa shape index (κ2) is 6.76. The van der Waals surface area contributed by atoms with Crippen LogP contribution in [0.4, 0.5) is 5.69 Å². The van der Waals surface area contributed by atoms with Gasteiger partial charge in [-0.05, 0) is 85.5 Å². The smallest absolute Gasteiger partial charge is 0.264 e. The topological polar surface area (TPSA) is 61.7 Å². The number of para-hydroxylation sites is 1. The summed E-state index contributed by atoms with van der Waals surface area (Å²) in [4.78, 5) is 17.5. The monoisotopic (exact) mass is 352 g/mol. The van der Waals surface area contributed by atoms with Crippen molar-refractivity contribution in [3.8, 4) is 5.75 Å². The Hall–Kier alpha value is -2.53. The number of aromatic hydroxyl groups is 1. The Balaban J connectivity index is 1.92. The minimum absolute atomic E-state index is 0.154. The van der Waals surface area contributed by atoms with E-state index in [1.807, 2.05) is 64.1 Å². The van der Waals surface area contributed by atoms with E-state index in [2.05, 4.69) is 10.3 Å². The maximum atomic E-state index is 12.3. The zero-order chi connectivity index (χ0) is 18.1. The summed E-state index contributed by atoms with van der Waals surface area (Å²) in [5, 5.41) is 13.3. The Morgan fingerprint density at radius 2 is 1.64 bits per heavy atom. The maximum absolute atomic E-state index is 12.3. The molecule has 128 valence electrons. The maximum Gasteiger partial charge on any atom is 0.264 e. The Labute approximate surface area is 151 Å². The molecule has 1 amide bonds. The molecule has 2 aromatic carbocycles. The van der Waals surface area contributed by atoms with Crippen LogP contribution in [0, 0.1) is 27.7 Å². The Kier molecular flexibility index (Phi) is 4.68. The Morgan fingerprint density at radius 3 is 2.24 bits per heavy atom. The van der Waals surface area contributed by atoms with Gasteiger partial charge in [-0.25, -0.2) is 4.99 Å². The highest BCUT2D eigenvalue weighted by molar-refractivity contribution is 8.18. The van der Waals surface area contributed by atoms with Crippen LogP contribution in [-0.2, 0) is 4.79 Å². The summed E-state index contributed by atoms with van der Waals surface area (Å²) in [5.74, 6) is 0.140. The van der Waals surface area contributed by atoms with Gasteiger partial charge in [0.25, 0.3) is 5.91 Å². The molecular formula is C20H20N2O2S. The van der Waals surface area contributed by atoms with Gasteiger partial charge in [0, 0.05) is 0 Å². The summed E-state index contributed by atoms with van der Waals surface area (Å²) in [6.45, 7) is 7.71. The van der Waals surface area contributed by atoms with Gasteiger partial charge in [0.15, 0.2) is 5.17 Å². The fourth-order valence-corrected chi connectivity index (χ4v) is 3.62. The summed E-state index contributed by atoms with van der Waals surface area (Å²) in [7, 11) is 0. The molecule has 0 spiro atoms. The second-order valence-corrected chi connectivity index (χ2v) is 7.26. The van der Waals surface area contributed by atoms with Gasteiger partial charge in [-0.2, -0.15) is 0 Å². The van der Waals surface area contributed by atoms with Crippen molar-refractivity contribution in [1.82, 2.24) is 5.32 Å². The average Bonchev–Trinajstić information content (AvgIpc) is 2.88. The Morgan fingerprint density at radius 1 is 1.04 bits per heavy atom. The third-order valence-electron chi connectivity index (χ3n) is 4.11. The number of nitrogens with zero attached hydrogens (tertiary/aromatic N) is 1. The highest BCUT2D eigenvalue weighted by Gasteiger charge is 2.24. The lowest BCUT2D eigenvalue weighted by molar-refractivity contribution is -0.115. The van der Waals surface area contributed by atoms with Crippen molar-refractivity contribution < 1.29 is 9.90 Å². The van der Waals surface area contributed by atoms with Gasteiger partial charge in [-0.3, -0.25) is 4.79 Å². The van der Waals surface area contributed by atoms with Crippen LogP contribution in [0.2, 0.25) is 0 Å². The summed E-state index contributed by atoms with van der Waals surface area (Å²) < 4.78 is 0. The first-order chi connectivity index (χ1) is 11.8. The highest BCUT2D eigenvalue weighted by Crippen LogP contribution is 2.31. The first kappa shape index (κ1) is 17.3. The quantitative estimate of drug-likeness (QED) is 0.781. The zero-order valence-electron chi connectivity index (χ0n) is 14.7. The number of amidine groups is 1. The van der Waals surface area contributed by atoms with E-state index in [4.69, 9.17) is 0 Å². The van der Waals surface area contributed by atoms with Crippen LogP contribution in [0.5, 0.6) is 5.75 Å². The molecule has 5 heteroatoms. The summed E-state index contributed by atoms with van der Waals surface area (Å²) in [6.07, 6.45) is 1.83. The SMILES string of the molecule is Cc1cc(/C=C2\SC(=Nc3c(C)cccc3C)NC2=O)cc(C)c1O. The number of nitrogens with one attached hydrogen (secondary N) is 1. The second-order valence-electron chi connectivity index (χ2n) is 6.23. The molecule has 1 saturated heterocycles. The zero-order valence-corrected chi connectivity index (χ0v) is 15.5. The molecule has 2 N–H and O–H groups in total. The molecule has 3 rings (SSSR count). The third kappa shape index (κ3) is 3.61. The largest absolute Gasteiger partial charge is 0.507 e. The van der Waals surface area contributed by atoms with Crippen molar-refractivity contribution >= 4 is 34.6 Å². The highest BCUT2D eigenvalue weighted by atomic mass is 32.2. The van der Waals surface area contributed by atoms with Crippen molar-refractivity contribution in [3.05, 3.63) is 63.1 Å². The molecule has 0 radical (unpaired) electrons.